The number of nitrogens with zero attached hydrogens (tertiary/aromatic N) is 1. The van der Waals surface area contributed by atoms with Crippen molar-refractivity contribution in [3.05, 3.63) is 63.3 Å². The molecule has 0 aliphatic heterocycles. The summed E-state index contributed by atoms with van der Waals surface area (Å²) in [5.74, 6) is 0.188. The van der Waals surface area contributed by atoms with Gasteiger partial charge in [0, 0.05) is 28.1 Å². The fourth-order valence-electron chi connectivity index (χ4n) is 3.06. The van der Waals surface area contributed by atoms with E-state index < -0.39 is 6.29 Å². The Balaban J connectivity index is 2.27. The van der Waals surface area contributed by atoms with Crippen molar-refractivity contribution >= 4 is 40.0 Å². The Hall–Kier alpha value is -2.05. The van der Waals surface area contributed by atoms with Gasteiger partial charge in [0.05, 0.1) is 17.6 Å². The number of rotatable bonds is 4. The molecule has 0 unspecified atom stereocenters. The van der Waals surface area contributed by atoms with Crippen LogP contribution < -0.4 is 4.74 Å². The monoisotopic (exact) mass is 393 g/mol. The number of aromatic nitrogens is 1. The van der Waals surface area contributed by atoms with Gasteiger partial charge >= 0.3 is 0 Å². The van der Waals surface area contributed by atoms with Crippen LogP contribution in [0.2, 0.25) is 10.0 Å². The van der Waals surface area contributed by atoms with Crippen molar-refractivity contribution in [3.63, 3.8) is 0 Å². The number of halogens is 2. The van der Waals surface area contributed by atoms with Gasteiger partial charge in [0.15, 0.2) is 6.29 Å². The number of hydrogen-bond donors (Lipinski definition) is 2. The molecule has 7 heteroatoms. The zero-order valence-electron chi connectivity index (χ0n) is 14.2. The molecule has 0 radical (unpaired) electrons. The third kappa shape index (κ3) is 3.31. The molecule has 0 spiro atoms. The normalized spacial score (nSPS) is 11.3. The summed E-state index contributed by atoms with van der Waals surface area (Å²) in [5.41, 5.74) is 2.28. The molecular weight excluding hydrogens is 377 g/mol. The molecule has 3 rings (SSSR count). The van der Waals surface area contributed by atoms with Crippen molar-refractivity contribution in [2.75, 3.05) is 7.11 Å². The van der Waals surface area contributed by atoms with E-state index in [2.05, 4.69) is 0 Å². The third-order valence-electron chi connectivity index (χ3n) is 4.29. The summed E-state index contributed by atoms with van der Waals surface area (Å²) in [6.45, 7) is 1.76. The molecule has 0 saturated heterocycles. The van der Waals surface area contributed by atoms with Gasteiger partial charge in [-0.2, -0.15) is 0 Å². The van der Waals surface area contributed by atoms with E-state index in [1.54, 1.807) is 43.3 Å². The number of fused-ring (bicyclic) bond motifs is 1. The van der Waals surface area contributed by atoms with E-state index in [9.17, 15) is 15.0 Å². The Bertz CT molecular complexity index is 978. The van der Waals surface area contributed by atoms with E-state index in [0.29, 0.717) is 43.5 Å². The summed E-state index contributed by atoms with van der Waals surface area (Å²) >= 11 is 12.1. The summed E-state index contributed by atoms with van der Waals surface area (Å²) in [5, 5.41) is 20.5. The highest BCUT2D eigenvalue weighted by Gasteiger charge is 2.22. The van der Waals surface area contributed by atoms with E-state index >= 15 is 0 Å². The number of aliphatic hydroxyl groups is 2. The summed E-state index contributed by atoms with van der Waals surface area (Å²) in [6, 6.07) is 9.91. The fraction of sp³-hybridized carbons (Fsp3) is 0.211. The summed E-state index contributed by atoms with van der Waals surface area (Å²) in [7, 11) is 1.50. The predicted octanol–water partition coefficient (Wildman–Crippen LogP) is 3.81. The number of carbonyl (C=O) groups is 1. The summed E-state index contributed by atoms with van der Waals surface area (Å²) in [6.07, 6.45) is -1.56. The average molecular weight is 394 g/mol. The first-order valence-corrected chi connectivity index (χ1v) is 8.63. The van der Waals surface area contributed by atoms with Gasteiger partial charge in [-0.15, -0.1) is 0 Å². The molecular formula is C19H17Cl2NO4. The molecule has 0 saturated carbocycles. The smallest absolute Gasteiger partial charge is 0.262 e. The van der Waals surface area contributed by atoms with Crippen LogP contribution in [0.25, 0.3) is 10.9 Å². The molecule has 2 N–H and O–H groups in total. The number of ether oxygens (including phenoxy) is 1. The first-order chi connectivity index (χ1) is 12.3. The van der Waals surface area contributed by atoms with Crippen molar-refractivity contribution in [1.82, 2.24) is 4.57 Å². The first kappa shape index (κ1) is 18.7. The van der Waals surface area contributed by atoms with Gasteiger partial charge in [0.25, 0.3) is 5.91 Å². The second kappa shape index (κ2) is 7.29. The molecule has 0 atom stereocenters. The standard InChI is InChI=1S/C19H17Cl2NO4/c1-10-13(8-18(23)24)14-7-17(26-2)15(21)9-16(14)22(10)19(25)11-3-5-12(20)6-4-11/h3-7,9,18,23-24H,8H2,1-2H3. The van der Waals surface area contributed by atoms with Crippen LogP contribution in [0.5, 0.6) is 5.75 Å². The van der Waals surface area contributed by atoms with Crippen LogP contribution in [-0.2, 0) is 6.42 Å². The molecule has 1 aromatic heterocycles. The Morgan fingerprint density at radius 1 is 1.19 bits per heavy atom. The Kier molecular flexibility index (Phi) is 5.25. The van der Waals surface area contributed by atoms with Gasteiger partial charge < -0.3 is 14.9 Å². The number of methoxy groups -OCH3 is 1. The van der Waals surface area contributed by atoms with E-state index in [1.165, 1.54) is 11.7 Å². The zero-order chi connectivity index (χ0) is 19.0. The Morgan fingerprint density at radius 2 is 1.85 bits per heavy atom. The lowest BCUT2D eigenvalue weighted by atomic mass is 10.1. The molecule has 0 aliphatic carbocycles. The largest absolute Gasteiger partial charge is 0.495 e. The summed E-state index contributed by atoms with van der Waals surface area (Å²) in [4.78, 5) is 13.1. The van der Waals surface area contributed by atoms with Gasteiger partial charge in [-0.05, 0) is 48.9 Å². The number of aliphatic hydroxyl groups excluding tert-OH is 1. The number of carbonyl (C=O) groups excluding carboxylic acids is 1. The minimum atomic E-state index is -1.54. The highest BCUT2D eigenvalue weighted by atomic mass is 35.5. The molecule has 0 fully saturated rings. The molecule has 136 valence electrons. The van der Waals surface area contributed by atoms with Gasteiger partial charge in [-0.1, -0.05) is 23.2 Å². The molecule has 0 aliphatic rings. The van der Waals surface area contributed by atoms with E-state index in [4.69, 9.17) is 27.9 Å². The lowest BCUT2D eigenvalue weighted by Gasteiger charge is -2.09. The zero-order valence-corrected chi connectivity index (χ0v) is 15.7. The van der Waals surface area contributed by atoms with Crippen LogP contribution >= 0.6 is 23.2 Å². The van der Waals surface area contributed by atoms with Crippen LogP contribution in [0.3, 0.4) is 0 Å². The number of benzene rings is 2. The van der Waals surface area contributed by atoms with Crippen LogP contribution in [0.1, 0.15) is 21.6 Å². The quantitative estimate of drug-likeness (QED) is 0.661. The van der Waals surface area contributed by atoms with Gasteiger partial charge in [0.1, 0.15) is 5.75 Å². The van der Waals surface area contributed by atoms with Crippen LogP contribution in [0.4, 0.5) is 0 Å². The van der Waals surface area contributed by atoms with E-state index in [0.717, 1.165) is 0 Å². The van der Waals surface area contributed by atoms with Crippen molar-refractivity contribution in [2.24, 2.45) is 0 Å². The summed E-state index contributed by atoms with van der Waals surface area (Å²) < 4.78 is 6.77. The lowest BCUT2D eigenvalue weighted by Crippen LogP contribution is -2.15. The predicted molar refractivity (Wildman–Crippen MR) is 101 cm³/mol. The molecule has 26 heavy (non-hydrogen) atoms. The van der Waals surface area contributed by atoms with Crippen molar-refractivity contribution in [1.29, 1.82) is 0 Å². The van der Waals surface area contributed by atoms with Crippen LogP contribution in [0, 0.1) is 6.92 Å². The maximum Gasteiger partial charge on any atom is 0.262 e. The topological polar surface area (TPSA) is 71.7 Å². The second-order valence-corrected chi connectivity index (χ2v) is 6.74. The SMILES string of the molecule is COc1cc2c(CC(O)O)c(C)n(C(=O)c3ccc(Cl)cc3)c2cc1Cl. The lowest BCUT2D eigenvalue weighted by molar-refractivity contribution is -0.0380. The first-order valence-electron chi connectivity index (χ1n) is 7.87. The molecule has 1 heterocycles. The maximum absolute atomic E-state index is 13.1. The minimum absolute atomic E-state index is 0.0198. The molecule has 3 aromatic rings. The van der Waals surface area contributed by atoms with Gasteiger partial charge in [0.2, 0.25) is 0 Å². The van der Waals surface area contributed by atoms with Gasteiger partial charge in [-0.3, -0.25) is 9.36 Å². The Morgan fingerprint density at radius 3 is 2.42 bits per heavy atom. The van der Waals surface area contributed by atoms with Crippen molar-refractivity contribution < 1.29 is 19.7 Å². The minimum Gasteiger partial charge on any atom is -0.495 e. The molecule has 5 nitrogen and oxygen atoms in total. The Labute approximate surface area is 160 Å². The highest BCUT2D eigenvalue weighted by Crippen LogP contribution is 2.35. The van der Waals surface area contributed by atoms with Crippen LogP contribution in [0.15, 0.2) is 36.4 Å². The van der Waals surface area contributed by atoms with Crippen LogP contribution in [-0.4, -0.2) is 34.1 Å². The highest BCUT2D eigenvalue weighted by molar-refractivity contribution is 6.33. The van der Waals surface area contributed by atoms with E-state index in [-0.39, 0.29) is 12.3 Å². The van der Waals surface area contributed by atoms with Gasteiger partial charge in [-0.25, -0.2) is 0 Å². The van der Waals surface area contributed by atoms with Crippen molar-refractivity contribution in [3.8, 4) is 5.75 Å². The fourth-order valence-corrected chi connectivity index (χ4v) is 3.42. The molecule has 0 amide bonds. The van der Waals surface area contributed by atoms with Crippen molar-refractivity contribution in [2.45, 2.75) is 19.6 Å². The second-order valence-electron chi connectivity index (χ2n) is 5.90. The number of hydrogen-bond acceptors (Lipinski definition) is 4. The maximum atomic E-state index is 13.1. The molecule has 0 bridgehead atoms. The molecule has 2 aromatic carbocycles. The average Bonchev–Trinajstić information content (AvgIpc) is 2.85. The third-order valence-corrected chi connectivity index (χ3v) is 4.84. The van der Waals surface area contributed by atoms with E-state index in [1.807, 2.05) is 0 Å².